The number of rotatable bonds is 4. The van der Waals surface area contributed by atoms with Gasteiger partial charge in [0.15, 0.2) is 5.17 Å². The van der Waals surface area contributed by atoms with E-state index in [1.54, 1.807) is 36.4 Å². The molecule has 0 saturated heterocycles. The average Bonchev–Trinajstić information content (AvgIpc) is 3.01. The molecule has 1 amide bonds. The minimum absolute atomic E-state index is 0.137. The van der Waals surface area contributed by atoms with E-state index >= 15 is 0 Å². The number of thioether (sulfide) groups is 1. The molecule has 0 aliphatic carbocycles. The topological polar surface area (TPSA) is 78.8 Å². The molecule has 0 unspecified atom stereocenters. The van der Waals surface area contributed by atoms with Crippen molar-refractivity contribution in [3.05, 3.63) is 54.6 Å². The third-order valence-electron chi connectivity index (χ3n) is 3.67. The largest absolute Gasteiger partial charge is 0.326 e. The van der Waals surface area contributed by atoms with Gasteiger partial charge in [0.05, 0.1) is 17.1 Å². The van der Waals surface area contributed by atoms with Crippen LogP contribution in [0, 0.1) is 0 Å². The monoisotopic (exact) mass is 389 g/mol. The molecule has 3 rings (SSSR count). The maximum Gasteiger partial charge on any atom is 0.270 e. The molecule has 1 N–H and O–H groups in total. The van der Waals surface area contributed by atoms with E-state index in [2.05, 4.69) is 10.3 Å². The number of carbonyl (C=O) groups excluding carboxylic acids is 1. The first kappa shape index (κ1) is 18.5. The predicted molar refractivity (Wildman–Crippen MR) is 106 cm³/mol. The van der Waals surface area contributed by atoms with Gasteiger partial charge < -0.3 is 5.32 Å². The number of sulfonamides is 1. The van der Waals surface area contributed by atoms with E-state index in [4.69, 9.17) is 0 Å². The summed E-state index contributed by atoms with van der Waals surface area (Å²) in [6, 6.07) is 15.0. The molecule has 2 aromatic rings. The first-order valence-corrected chi connectivity index (χ1v) is 10.4. The van der Waals surface area contributed by atoms with Crippen LogP contribution >= 0.6 is 11.8 Å². The van der Waals surface area contributed by atoms with Gasteiger partial charge in [-0.2, -0.15) is 0 Å². The van der Waals surface area contributed by atoms with Crippen LogP contribution in [-0.4, -0.2) is 31.3 Å². The Bertz CT molecular complexity index is 926. The number of benzene rings is 2. The maximum absolute atomic E-state index is 13.3. The zero-order valence-corrected chi connectivity index (χ0v) is 16.0. The van der Waals surface area contributed by atoms with E-state index in [0.717, 1.165) is 0 Å². The number of nitrogens with zero attached hydrogens (tertiary/aromatic N) is 2. The van der Waals surface area contributed by atoms with Crippen molar-refractivity contribution in [2.45, 2.75) is 24.0 Å². The van der Waals surface area contributed by atoms with Crippen LogP contribution in [0.25, 0.3) is 0 Å². The Balaban J connectivity index is 2.01. The summed E-state index contributed by atoms with van der Waals surface area (Å²) in [6.07, 6.45) is 0. The van der Waals surface area contributed by atoms with Crippen LogP contribution in [0.15, 0.2) is 64.5 Å². The molecule has 1 aliphatic rings. The SMILES string of the molecule is CC(=O)Nc1ccc(S(=O)(=O)N(C2=NC[C@@H](C)S2)c2ccccc2)cc1. The summed E-state index contributed by atoms with van der Waals surface area (Å²) < 4.78 is 27.9. The Morgan fingerprint density at radius 2 is 1.81 bits per heavy atom. The molecule has 2 aromatic carbocycles. The second kappa shape index (κ2) is 7.51. The van der Waals surface area contributed by atoms with Crippen molar-refractivity contribution in [1.29, 1.82) is 0 Å². The second-order valence-electron chi connectivity index (χ2n) is 5.86. The molecule has 0 radical (unpaired) electrons. The summed E-state index contributed by atoms with van der Waals surface area (Å²) in [6.45, 7) is 4.00. The zero-order valence-electron chi connectivity index (χ0n) is 14.4. The molecule has 0 bridgehead atoms. The van der Waals surface area contributed by atoms with E-state index in [1.165, 1.54) is 35.1 Å². The van der Waals surface area contributed by atoms with E-state index in [0.29, 0.717) is 23.1 Å². The average molecular weight is 390 g/mol. The first-order valence-electron chi connectivity index (χ1n) is 8.07. The fourth-order valence-electron chi connectivity index (χ4n) is 2.51. The molecular formula is C18H19N3O3S2. The van der Waals surface area contributed by atoms with Crippen LogP contribution in [0.4, 0.5) is 11.4 Å². The van der Waals surface area contributed by atoms with Crippen LogP contribution in [-0.2, 0) is 14.8 Å². The second-order valence-corrected chi connectivity index (χ2v) is 9.05. The lowest BCUT2D eigenvalue weighted by Crippen LogP contribution is -2.34. The Morgan fingerprint density at radius 3 is 2.35 bits per heavy atom. The van der Waals surface area contributed by atoms with E-state index < -0.39 is 10.0 Å². The molecule has 26 heavy (non-hydrogen) atoms. The van der Waals surface area contributed by atoms with Gasteiger partial charge in [-0.15, -0.1) is 0 Å². The molecule has 1 heterocycles. The van der Waals surface area contributed by atoms with Gasteiger partial charge in [0, 0.05) is 17.9 Å². The summed E-state index contributed by atoms with van der Waals surface area (Å²) in [5.74, 6) is -0.211. The lowest BCUT2D eigenvalue weighted by atomic mass is 10.3. The lowest BCUT2D eigenvalue weighted by Gasteiger charge is -2.24. The van der Waals surface area contributed by atoms with Crippen LogP contribution < -0.4 is 9.62 Å². The van der Waals surface area contributed by atoms with Crippen molar-refractivity contribution in [3.63, 3.8) is 0 Å². The highest BCUT2D eigenvalue weighted by molar-refractivity contribution is 8.16. The number of hydrogen-bond donors (Lipinski definition) is 1. The fourth-order valence-corrected chi connectivity index (χ4v) is 5.14. The van der Waals surface area contributed by atoms with Crippen molar-refractivity contribution in [2.75, 3.05) is 16.2 Å². The van der Waals surface area contributed by atoms with Crippen molar-refractivity contribution >= 4 is 44.2 Å². The number of hydrogen-bond acceptors (Lipinski definition) is 5. The molecule has 136 valence electrons. The third kappa shape index (κ3) is 3.91. The van der Waals surface area contributed by atoms with Gasteiger partial charge >= 0.3 is 0 Å². The lowest BCUT2D eigenvalue weighted by molar-refractivity contribution is -0.114. The molecule has 8 heteroatoms. The number of amides is 1. The minimum Gasteiger partial charge on any atom is -0.326 e. The highest BCUT2D eigenvalue weighted by atomic mass is 32.2. The number of aliphatic imine (C=N–C) groups is 1. The minimum atomic E-state index is -3.84. The van der Waals surface area contributed by atoms with E-state index in [-0.39, 0.29) is 16.1 Å². The van der Waals surface area contributed by atoms with Gasteiger partial charge in [0.2, 0.25) is 5.91 Å². The number of amidine groups is 1. The molecular weight excluding hydrogens is 370 g/mol. The Kier molecular flexibility index (Phi) is 5.33. The Labute approximate surface area is 157 Å². The number of nitrogens with one attached hydrogen (secondary N) is 1. The Hall–Kier alpha value is -2.32. The summed E-state index contributed by atoms with van der Waals surface area (Å²) in [4.78, 5) is 15.7. The van der Waals surface area contributed by atoms with Gasteiger partial charge in [-0.25, -0.2) is 12.7 Å². The van der Waals surface area contributed by atoms with Crippen molar-refractivity contribution in [3.8, 4) is 0 Å². The van der Waals surface area contributed by atoms with Crippen molar-refractivity contribution in [1.82, 2.24) is 0 Å². The highest BCUT2D eigenvalue weighted by Gasteiger charge is 2.32. The van der Waals surface area contributed by atoms with E-state index in [9.17, 15) is 13.2 Å². The van der Waals surface area contributed by atoms with Crippen molar-refractivity contribution < 1.29 is 13.2 Å². The molecule has 0 fully saturated rings. The fraction of sp³-hybridized carbons (Fsp3) is 0.222. The van der Waals surface area contributed by atoms with Crippen LogP contribution in [0.5, 0.6) is 0 Å². The predicted octanol–water partition coefficient (Wildman–Crippen LogP) is 3.33. The number of carbonyl (C=O) groups is 1. The smallest absolute Gasteiger partial charge is 0.270 e. The molecule has 0 aromatic heterocycles. The molecule has 1 atom stereocenters. The van der Waals surface area contributed by atoms with Gasteiger partial charge in [-0.1, -0.05) is 36.9 Å². The summed E-state index contributed by atoms with van der Waals surface area (Å²) in [7, 11) is -3.84. The number of para-hydroxylation sites is 1. The molecule has 0 saturated carbocycles. The zero-order chi connectivity index (χ0) is 18.7. The van der Waals surface area contributed by atoms with Crippen LogP contribution in [0.1, 0.15) is 13.8 Å². The summed E-state index contributed by atoms with van der Waals surface area (Å²) in [5.41, 5.74) is 1.09. The van der Waals surface area contributed by atoms with E-state index in [1.807, 2.05) is 13.0 Å². The van der Waals surface area contributed by atoms with Gasteiger partial charge in [-0.05, 0) is 36.4 Å². The van der Waals surface area contributed by atoms with Gasteiger partial charge in [0.25, 0.3) is 10.0 Å². The summed E-state index contributed by atoms with van der Waals surface area (Å²) >= 11 is 1.44. The molecule has 0 spiro atoms. The number of anilines is 2. The van der Waals surface area contributed by atoms with Crippen LogP contribution in [0.2, 0.25) is 0 Å². The van der Waals surface area contributed by atoms with Crippen molar-refractivity contribution in [2.24, 2.45) is 4.99 Å². The third-order valence-corrected chi connectivity index (χ3v) is 6.59. The first-order chi connectivity index (χ1) is 12.4. The van der Waals surface area contributed by atoms with Crippen LogP contribution in [0.3, 0.4) is 0 Å². The van der Waals surface area contributed by atoms with Gasteiger partial charge in [0.1, 0.15) is 0 Å². The molecule has 1 aliphatic heterocycles. The standard InChI is InChI=1S/C18H19N3O3S2/c1-13-12-19-18(25-13)21(16-6-4-3-5-7-16)26(23,24)17-10-8-15(9-11-17)20-14(2)22/h3-11,13H,12H2,1-2H3,(H,20,22)/t13-/m1/s1. The molecule has 6 nitrogen and oxygen atoms in total. The summed E-state index contributed by atoms with van der Waals surface area (Å²) in [5, 5.41) is 3.33. The quantitative estimate of drug-likeness (QED) is 0.870. The Morgan fingerprint density at radius 1 is 1.15 bits per heavy atom. The van der Waals surface area contributed by atoms with Gasteiger partial charge in [-0.3, -0.25) is 9.79 Å². The highest BCUT2D eigenvalue weighted by Crippen LogP contribution is 2.32. The maximum atomic E-state index is 13.3. The normalized spacial score (nSPS) is 16.8.